The van der Waals surface area contributed by atoms with E-state index in [4.69, 9.17) is 0 Å². The van der Waals surface area contributed by atoms with E-state index in [1.165, 1.54) is 0 Å². The number of halogens is 1. The lowest BCUT2D eigenvalue weighted by atomic mass is 9.98. The van der Waals surface area contributed by atoms with Crippen LogP contribution < -0.4 is 10.6 Å². The second kappa shape index (κ2) is 9.72. The molecular weight excluding hydrogens is 418 g/mol. The van der Waals surface area contributed by atoms with E-state index >= 15 is 4.39 Å². The first-order chi connectivity index (χ1) is 15.6. The van der Waals surface area contributed by atoms with Gasteiger partial charge in [-0.3, -0.25) is 4.79 Å². The van der Waals surface area contributed by atoms with Crippen molar-refractivity contribution >= 4 is 29.1 Å². The summed E-state index contributed by atoms with van der Waals surface area (Å²) in [6.45, 7) is 0. The fourth-order valence-electron chi connectivity index (χ4n) is 3.66. The normalized spacial score (nSPS) is 12.2. The van der Waals surface area contributed by atoms with Crippen LogP contribution in [0.1, 0.15) is 22.3 Å². The molecule has 0 N–H and O–H groups in total. The molecule has 0 radical (unpaired) electrons. The van der Waals surface area contributed by atoms with Crippen LogP contribution >= 0.6 is 7.14 Å². The van der Waals surface area contributed by atoms with E-state index in [1.54, 1.807) is 109 Å². The Bertz CT molecular complexity index is 1220. The van der Waals surface area contributed by atoms with Crippen LogP contribution in [0.15, 0.2) is 127 Å². The summed E-state index contributed by atoms with van der Waals surface area (Å²) in [6.07, 6.45) is -0.191. The Hall–Kier alpha value is -3.55. The maximum absolute atomic E-state index is 16.5. The molecule has 0 aliphatic rings. The molecule has 4 aromatic rings. The molecule has 4 rings (SSSR count). The van der Waals surface area contributed by atoms with Crippen molar-refractivity contribution in [3.05, 3.63) is 138 Å². The molecule has 0 bridgehead atoms. The number of allylic oxidation sites excluding steroid dienone is 1. The van der Waals surface area contributed by atoms with E-state index in [0.29, 0.717) is 21.7 Å². The van der Waals surface area contributed by atoms with Gasteiger partial charge in [0.1, 0.15) is 0 Å². The first-order valence-electron chi connectivity index (χ1n) is 10.3. The molecule has 0 aliphatic carbocycles. The van der Waals surface area contributed by atoms with Crippen molar-refractivity contribution in [3.63, 3.8) is 0 Å². The highest BCUT2D eigenvalue weighted by Gasteiger charge is 2.35. The van der Waals surface area contributed by atoms with Crippen molar-refractivity contribution in [2.45, 2.75) is 6.42 Å². The fraction of sp³-hybridized carbons (Fsp3) is 0.0357. The number of benzene rings is 4. The predicted molar refractivity (Wildman–Crippen MR) is 130 cm³/mol. The summed E-state index contributed by atoms with van der Waals surface area (Å²) in [5.41, 5.74) is 0.422. The molecule has 4 heteroatoms. The number of ketones is 1. The van der Waals surface area contributed by atoms with E-state index in [0.717, 1.165) is 0 Å². The average Bonchev–Trinajstić information content (AvgIpc) is 2.88. The molecule has 0 saturated carbocycles. The summed E-state index contributed by atoms with van der Waals surface area (Å²) in [5, 5.41) is 0.786. The van der Waals surface area contributed by atoms with Crippen LogP contribution in [0.2, 0.25) is 0 Å². The number of Topliss-reactive ketones (excluding diaryl/α,β-unsaturated/α-hetero) is 1. The maximum atomic E-state index is 16.5. The molecule has 32 heavy (non-hydrogen) atoms. The zero-order valence-electron chi connectivity index (χ0n) is 17.4. The van der Waals surface area contributed by atoms with Gasteiger partial charge in [0.2, 0.25) is 0 Å². The molecule has 0 unspecified atom stereocenters. The first-order valence-corrected chi connectivity index (χ1v) is 12.1. The van der Waals surface area contributed by atoms with Crippen molar-refractivity contribution in [2.75, 3.05) is 0 Å². The SMILES string of the molecule is O=C(C/C(=C(/F)P(=O)(c1ccccc1)c1ccccc1)c1ccccc1)c1ccccc1. The van der Waals surface area contributed by atoms with Crippen molar-refractivity contribution < 1.29 is 13.8 Å². The summed E-state index contributed by atoms with van der Waals surface area (Å²) in [6, 6.07) is 34.9. The van der Waals surface area contributed by atoms with Gasteiger partial charge in [-0.2, -0.15) is 0 Å². The molecule has 0 atom stereocenters. The quantitative estimate of drug-likeness (QED) is 0.239. The molecular formula is C28H22FO2P. The first kappa shape index (κ1) is 21.7. The Balaban J connectivity index is 1.93. The van der Waals surface area contributed by atoms with Gasteiger partial charge in [0.05, 0.1) is 0 Å². The van der Waals surface area contributed by atoms with E-state index < -0.39 is 12.7 Å². The Morgan fingerprint density at radius 1 is 0.594 bits per heavy atom. The second-order valence-corrected chi connectivity index (χ2v) is 10.0. The minimum Gasteiger partial charge on any atom is -0.306 e. The van der Waals surface area contributed by atoms with Crippen molar-refractivity contribution in [1.82, 2.24) is 0 Å². The number of hydrogen-bond acceptors (Lipinski definition) is 2. The van der Waals surface area contributed by atoms with Crippen LogP contribution in [-0.2, 0) is 4.57 Å². The highest BCUT2D eigenvalue weighted by atomic mass is 31.2. The summed E-state index contributed by atoms with van der Waals surface area (Å²) in [5.74, 6) is -0.229. The van der Waals surface area contributed by atoms with Crippen LogP contribution in [0.3, 0.4) is 0 Å². The summed E-state index contributed by atoms with van der Waals surface area (Å²) in [4.78, 5) is 13.0. The van der Waals surface area contributed by atoms with Gasteiger partial charge in [-0.1, -0.05) is 121 Å². The van der Waals surface area contributed by atoms with Gasteiger partial charge < -0.3 is 4.57 Å². The highest BCUT2D eigenvalue weighted by Crippen LogP contribution is 2.55. The van der Waals surface area contributed by atoms with Gasteiger partial charge in [0.25, 0.3) is 0 Å². The largest absolute Gasteiger partial charge is 0.306 e. The Morgan fingerprint density at radius 3 is 1.41 bits per heavy atom. The third-order valence-corrected chi connectivity index (χ3v) is 8.19. The van der Waals surface area contributed by atoms with Crippen LogP contribution in [0.25, 0.3) is 5.57 Å². The van der Waals surface area contributed by atoms with E-state index in [9.17, 15) is 9.36 Å². The molecule has 4 aromatic carbocycles. The van der Waals surface area contributed by atoms with Crippen LogP contribution in [0.5, 0.6) is 0 Å². The summed E-state index contributed by atoms with van der Waals surface area (Å²) >= 11 is 0. The molecule has 0 amide bonds. The lowest BCUT2D eigenvalue weighted by Gasteiger charge is -2.21. The van der Waals surface area contributed by atoms with E-state index in [-0.39, 0.29) is 17.8 Å². The maximum Gasteiger partial charge on any atom is 0.198 e. The predicted octanol–water partition coefficient (Wildman–Crippen LogP) is 6.61. The molecule has 0 spiro atoms. The zero-order valence-corrected chi connectivity index (χ0v) is 18.3. The van der Waals surface area contributed by atoms with Crippen LogP contribution in [0.4, 0.5) is 4.39 Å². The monoisotopic (exact) mass is 440 g/mol. The highest BCUT2D eigenvalue weighted by molar-refractivity contribution is 7.82. The number of carbonyl (C=O) groups excluding carboxylic acids is 1. The molecule has 0 saturated heterocycles. The summed E-state index contributed by atoms with van der Waals surface area (Å²) in [7, 11) is -3.82. The fourth-order valence-corrected chi connectivity index (χ4v) is 6.19. The van der Waals surface area contributed by atoms with Crippen molar-refractivity contribution in [3.8, 4) is 0 Å². The summed E-state index contributed by atoms with van der Waals surface area (Å²) < 4.78 is 31.0. The van der Waals surface area contributed by atoms with Gasteiger partial charge in [0.15, 0.2) is 18.5 Å². The third-order valence-electron chi connectivity index (χ3n) is 5.32. The van der Waals surface area contributed by atoms with E-state index in [2.05, 4.69) is 0 Å². The van der Waals surface area contributed by atoms with Gasteiger partial charge >= 0.3 is 0 Å². The smallest absolute Gasteiger partial charge is 0.198 e. The molecule has 2 nitrogen and oxygen atoms in total. The van der Waals surface area contributed by atoms with E-state index in [1.807, 2.05) is 12.1 Å². The second-order valence-electron chi connectivity index (χ2n) is 7.38. The molecule has 158 valence electrons. The zero-order chi connectivity index (χ0) is 22.4. The lowest BCUT2D eigenvalue weighted by molar-refractivity contribution is 0.0998. The molecule has 0 aromatic heterocycles. The Kier molecular flexibility index (Phi) is 6.58. The van der Waals surface area contributed by atoms with Crippen LogP contribution in [0, 0.1) is 0 Å². The third kappa shape index (κ3) is 4.39. The van der Waals surface area contributed by atoms with Gasteiger partial charge in [-0.15, -0.1) is 0 Å². The van der Waals surface area contributed by atoms with Gasteiger partial charge in [0, 0.05) is 28.2 Å². The lowest BCUT2D eigenvalue weighted by Crippen LogP contribution is -2.17. The standard InChI is InChI=1S/C28H22FO2P/c29-28(32(31,24-17-9-3-10-18-24)25-19-11-4-12-20-25)26(22-13-5-1-6-14-22)21-27(30)23-15-7-2-8-16-23/h1-20H,21H2/b28-26+. The van der Waals surface area contributed by atoms with Crippen LogP contribution in [-0.4, -0.2) is 5.78 Å². The number of rotatable bonds is 7. The number of carbonyl (C=O) groups is 1. The van der Waals surface area contributed by atoms with Crippen molar-refractivity contribution in [2.24, 2.45) is 0 Å². The Labute approximate surface area is 187 Å². The molecule has 0 fully saturated rings. The average molecular weight is 440 g/mol. The topological polar surface area (TPSA) is 34.1 Å². The van der Waals surface area contributed by atoms with Gasteiger partial charge in [-0.05, 0) is 5.56 Å². The minimum atomic E-state index is -3.82. The molecule has 0 heterocycles. The van der Waals surface area contributed by atoms with Crippen molar-refractivity contribution in [1.29, 1.82) is 0 Å². The van der Waals surface area contributed by atoms with Gasteiger partial charge in [-0.25, -0.2) is 4.39 Å². The Morgan fingerprint density at radius 2 is 0.969 bits per heavy atom. The minimum absolute atomic E-state index is 0.149. The molecule has 0 aliphatic heterocycles. The number of hydrogen-bond donors (Lipinski definition) is 0.